The molecule has 3 aliphatic rings. The molecular formula is C22H30ClN5O. The molecule has 3 aliphatic heterocycles. The summed E-state index contributed by atoms with van der Waals surface area (Å²) in [6.07, 6.45) is 5.01. The molecule has 6 nitrogen and oxygen atoms in total. The Hall–Kier alpha value is -1.63. The number of aromatic nitrogens is 3. The minimum atomic E-state index is 0.238. The summed E-state index contributed by atoms with van der Waals surface area (Å²) in [7, 11) is 0. The van der Waals surface area contributed by atoms with Crippen molar-refractivity contribution in [2.45, 2.75) is 58.2 Å². The quantitative estimate of drug-likeness (QED) is 0.833. The third-order valence-electron chi connectivity index (χ3n) is 6.92. The Kier molecular flexibility index (Phi) is 5.26. The number of hydrogen-bond donors (Lipinski definition) is 1. The van der Waals surface area contributed by atoms with Gasteiger partial charge in [0.25, 0.3) is 5.56 Å². The summed E-state index contributed by atoms with van der Waals surface area (Å²) < 4.78 is 2.08. The summed E-state index contributed by atoms with van der Waals surface area (Å²) in [5.74, 6) is 0.932. The van der Waals surface area contributed by atoms with Crippen LogP contribution in [0.1, 0.15) is 54.2 Å². The number of piperidine rings is 2. The molecule has 5 heterocycles. The van der Waals surface area contributed by atoms with Gasteiger partial charge in [0.15, 0.2) is 0 Å². The highest BCUT2D eigenvalue weighted by molar-refractivity contribution is 6.31. The largest absolute Gasteiger partial charge is 0.312 e. The number of hydrogen-bond acceptors (Lipinski definition) is 4. The molecule has 0 aliphatic carbocycles. The molecule has 1 N–H and O–H groups in total. The summed E-state index contributed by atoms with van der Waals surface area (Å²) >= 11 is 6.38. The predicted molar refractivity (Wildman–Crippen MR) is 114 cm³/mol. The van der Waals surface area contributed by atoms with Gasteiger partial charge in [-0.1, -0.05) is 24.1 Å². The first-order valence-electron chi connectivity index (χ1n) is 10.9. The molecular weight excluding hydrogens is 386 g/mol. The van der Waals surface area contributed by atoms with E-state index < -0.39 is 0 Å². The first-order chi connectivity index (χ1) is 14.1. The zero-order valence-corrected chi connectivity index (χ0v) is 17.9. The van der Waals surface area contributed by atoms with Gasteiger partial charge in [-0.05, 0) is 51.3 Å². The van der Waals surface area contributed by atoms with Gasteiger partial charge in [0.1, 0.15) is 0 Å². The van der Waals surface area contributed by atoms with E-state index in [0.29, 0.717) is 11.8 Å². The van der Waals surface area contributed by atoms with E-state index in [4.69, 9.17) is 11.6 Å². The molecule has 2 atom stereocenters. The number of aromatic amines is 1. The lowest BCUT2D eigenvalue weighted by Crippen LogP contribution is -2.47. The molecule has 2 saturated heterocycles. The lowest BCUT2D eigenvalue weighted by molar-refractivity contribution is 0.113. The summed E-state index contributed by atoms with van der Waals surface area (Å²) in [5.41, 5.74) is 4.27. The molecule has 2 aromatic heterocycles. The Morgan fingerprint density at radius 3 is 2.69 bits per heavy atom. The SMILES string of the molecule is Cc1[nH]nc(CN2C[C@@H]3C[C@H](C2)c2ccc(CN4CCCCC4)c(=O)n2C3)c1Cl. The fourth-order valence-electron chi connectivity index (χ4n) is 5.48. The molecule has 0 radical (unpaired) electrons. The highest BCUT2D eigenvalue weighted by atomic mass is 35.5. The maximum atomic E-state index is 13.2. The molecule has 2 bridgehead atoms. The molecule has 0 aromatic carbocycles. The normalized spacial score (nSPS) is 25.2. The number of H-pyrrole nitrogens is 1. The number of halogens is 1. The lowest BCUT2D eigenvalue weighted by atomic mass is 9.83. The van der Waals surface area contributed by atoms with Gasteiger partial charge in [-0.2, -0.15) is 5.10 Å². The summed E-state index contributed by atoms with van der Waals surface area (Å²) in [6, 6.07) is 4.31. The lowest BCUT2D eigenvalue weighted by Gasteiger charge is -2.42. The first kappa shape index (κ1) is 19.3. The van der Waals surface area contributed by atoms with Gasteiger partial charge in [-0.15, -0.1) is 0 Å². The van der Waals surface area contributed by atoms with E-state index in [-0.39, 0.29) is 5.56 Å². The van der Waals surface area contributed by atoms with Crippen molar-refractivity contribution >= 4 is 11.6 Å². The smallest absolute Gasteiger partial charge is 0.255 e. The summed E-state index contributed by atoms with van der Waals surface area (Å²) in [5, 5.41) is 8.10. The fourth-order valence-corrected chi connectivity index (χ4v) is 5.62. The predicted octanol–water partition coefficient (Wildman–Crippen LogP) is 3.14. The number of rotatable bonds is 4. The van der Waals surface area contributed by atoms with Crippen molar-refractivity contribution in [2.75, 3.05) is 26.2 Å². The minimum absolute atomic E-state index is 0.238. The van der Waals surface area contributed by atoms with Crippen molar-refractivity contribution in [1.82, 2.24) is 24.6 Å². The van der Waals surface area contributed by atoms with Crippen LogP contribution in [0.5, 0.6) is 0 Å². The number of pyridine rings is 1. The third kappa shape index (κ3) is 3.78. The van der Waals surface area contributed by atoms with Crippen LogP contribution in [0.2, 0.25) is 5.02 Å². The second kappa shape index (κ2) is 7.89. The van der Waals surface area contributed by atoms with Crippen LogP contribution in [0.3, 0.4) is 0 Å². The average molecular weight is 416 g/mol. The van der Waals surface area contributed by atoms with Crippen molar-refractivity contribution in [3.63, 3.8) is 0 Å². The zero-order chi connectivity index (χ0) is 20.0. The number of likely N-dealkylation sites (tertiary alicyclic amines) is 2. The van der Waals surface area contributed by atoms with Gasteiger partial charge in [-0.25, -0.2) is 0 Å². The van der Waals surface area contributed by atoms with Crippen LogP contribution in [0, 0.1) is 12.8 Å². The molecule has 5 rings (SSSR count). The number of nitrogens with one attached hydrogen (secondary N) is 1. The van der Waals surface area contributed by atoms with Crippen LogP contribution in [0.25, 0.3) is 0 Å². The van der Waals surface area contributed by atoms with Gasteiger partial charge in [0.05, 0.1) is 16.4 Å². The molecule has 0 amide bonds. The Labute approximate surface area is 176 Å². The Morgan fingerprint density at radius 1 is 1.10 bits per heavy atom. The van der Waals surface area contributed by atoms with Crippen molar-refractivity contribution in [1.29, 1.82) is 0 Å². The van der Waals surface area contributed by atoms with Gasteiger partial charge in [0, 0.05) is 49.9 Å². The fraction of sp³-hybridized carbons (Fsp3) is 0.636. The second-order valence-corrected chi connectivity index (χ2v) is 9.52. The van der Waals surface area contributed by atoms with E-state index in [1.165, 1.54) is 31.4 Å². The van der Waals surface area contributed by atoms with Crippen LogP contribution in [-0.2, 0) is 19.6 Å². The van der Waals surface area contributed by atoms with Gasteiger partial charge in [0.2, 0.25) is 0 Å². The maximum absolute atomic E-state index is 13.2. The molecule has 2 aromatic rings. The molecule has 7 heteroatoms. The van der Waals surface area contributed by atoms with E-state index in [9.17, 15) is 4.79 Å². The van der Waals surface area contributed by atoms with E-state index >= 15 is 0 Å². The number of aryl methyl sites for hydroxylation is 1. The molecule has 0 saturated carbocycles. The molecule has 29 heavy (non-hydrogen) atoms. The highest BCUT2D eigenvalue weighted by Crippen LogP contribution is 2.36. The van der Waals surface area contributed by atoms with Crippen LogP contribution < -0.4 is 5.56 Å². The minimum Gasteiger partial charge on any atom is -0.312 e. The van der Waals surface area contributed by atoms with Crippen LogP contribution >= 0.6 is 11.6 Å². The second-order valence-electron chi connectivity index (χ2n) is 9.14. The monoisotopic (exact) mass is 415 g/mol. The Bertz CT molecular complexity index is 945. The van der Waals surface area contributed by atoms with Crippen molar-refractivity contribution in [3.05, 3.63) is 50.2 Å². The summed E-state index contributed by atoms with van der Waals surface area (Å²) in [6.45, 7) is 8.57. The van der Waals surface area contributed by atoms with E-state index in [2.05, 4.69) is 36.7 Å². The van der Waals surface area contributed by atoms with Crippen molar-refractivity contribution in [3.8, 4) is 0 Å². The zero-order valence-electron chi connectivity index (χ0n) is 17.2. The number of fused-ring (bicyclic) bond motifs is 4. The topological polar surface area (TPSA) is 57.2 Å². The van der Waals surface area contributed by atoms with Gasteiger partial charge >= 0.3 is 0 Å². The average Bonchev–Trinajstić information content (AvgIpc) is 3.03. The molecule has 0 spiro atoms. The third-order valence-corrected chi connectivity index (χ3v) is 7.42. The van der Waals surface area contributed by atoms with E-state index in [1.54, 1.807) is 0 Å². The Morgan fingerprint density at radius 2 is 1.93 bits per heavy atom. The van der Waals surface area contributed by atoms with E-state index in [1.807, 2.05) is 6.92 Å². The van der Waals surface area contributed by atoms with Gasteiger partial charge < -0.3 is 4.57 Å². The van der Waals surface area contributed by atoms with Crippen LogP contribution in [-0.4, -0.2) is 50.7 Å². The molecule has 2 fully saturated rings. The Balaban J connectivity index is 1.34. The van der Waals surface area contributed by atoms with Gasteiger partial charge in [-0.3, -0.25) is 19.7 Å². The first-order valence-corrected chi connectivity index (χ1v) is 11.3. The molecule has 0 unspecified atom stereocenters. The van der Waals surface area contributed by atoms with Crippen molar-refractivity contribution in [2.24, 2.45) is 5.92 Å². The summed E-state index contributed by atoms with van der Waals surface area (Å²) in [4.78, 5) is 18.1. The highest BCUT2D eigenvalue weighted by Gasteiger charge is 2.35. The maximum Gasteiger partial charge on any atom is 0.255 e. The van der Waals surface area contributed by atoms with Crippen molar-refractivity contribution < 1.29 is 0 Å². The standard InChI is InChI=1S/C22H30ClN5O/c1-15-21(23)19(25-24-15)14-27-10-16-9-18(13-27)20-6-5-17(22(29)28(20)11-16)12-26-7-3-2-4-8-26/h5-6,16,18H,2-4,7-14H2,1H3,(H,24,25)/t16-,18+/m0/s1. The molecule has 156 valence electrons. The van der Waals surface area contributed by atoms with E-state index in [0.717, 1.165) is 67.8 Å². The van der Waals surface area contributed by atoms with Crippen LogP contribution in [0.4, 0.5) is 0 Å². The number of nitrogens with zero attached hydrogens (tertiary/aromatic N) is 4. The van der Waals surface area contributed by atoms with Crippen LogP contribution in [0.15, 0.2) is 16.9 Å².